The van der Waals surface area contributed by atoms with E-state index in [9.17, 15) is 19.8 Å². The Morgan fingerprint density at radius 2 is 1.91 bits per heavy atom. The van der Waals surface area contributed by atoms with E-state index < -0.39 is 29.7 Å². The number of halogens is 1. The zero-order chi connectivity index (χ0) is 56.8. The Bertz CT molecular complexity index is 2200. The van der Waals surface area contributed by atoms with Crippen LogP contribution in [-0.2, 0) is 37.5 Å². The number of ether oxygens (including phenoxy) is 5. The number of allylic oxidation sites excluding steroid dienone is 4. The molecule has 20 heteroatoms. The Morgan fingerprint density at radius 3 is 2.61 bits per heavy atom. The number of fused-ring (bicyclic) bond motifs is 9. The van der Waals surface area contributed by atoms with Crippen molar-refractivity contribution in [1.29, 1.82) is 4.10 Å². The standard InChI is InChI=1S/C34H48N2O8.C20H31BBrO4S.BH4PS/c1-19-11-25-7-5-10-32(39)44-34-21(3)29(43-33(22(34)4)20(2)13-23(35)17-37)8-6-9-31-36-28(18-40-31)30-15-24(38)14-27(42-30)16-26(12-19)41-25;1-14(6-5-9-22)7-8-15(2)10-18(26-27-21)17-11-16(3)12-20(4,25-17)13-19(23)24;2-1-3/h5-6,9-10,13,18,21-27,29-30,33-34,37-38H,1,7-8,11-12,14-17,35H2,2-4H3;5,7-10,14,16-18,21H,6,11-13H2,1-4H3,(H,23,24);1,3H,2H2/b9-6+,10-5-,20-13+;8-7+,9-5+,15-10+;/t21-,22-,23+,24+,25-,26+,27-,29+,30+,33-,34-;14-,16-,17-,18-,20+;/m01./s1/i38T;21T;1D. The van der Waals surface area contributed by atoms with Crippen molar-refractivity contribution in [2.24, 2.45) is 29.4 Å². The molecular formula is C54H83B2BrN2O12PS2. The van der Waals surface area contributed by atoms with Crippen LogP contribution in [0.25, 0.3) is 6.08 Å². The first-order chi connectivity index (χ1) is 36.5. The summed E-state index contributed by atoms with van der Waals surface area (Å²) in [7, 11) is 3.33. The number of aromatic nitrogens is 1. The molecule has 0 amide bonds. The fourth-order valence-corrected chi connectivity index (χ4v) is 11.2. The van der Waals surface area contributed by atoms with Crippen LogP contribution in [0, 0.1) is 23.7 Å². The maximum absolute atomic E-state index is 13.1. The lowest BCUT2D eigenvalue weighted by Gasteiger charge is -2.44. The highest BCUT2D eigenvalue weighted by Crippen LogP contribution is 2.40. The van der Waals surface area contributed by atoms with E-state index in [0.717, 1.165) is 61.4 Å². The van der Waals surface area contributed by atoms with Gasteiger partial charge in [0, 0.05) is 36.8 Å². The normalized spacial score (nSPS) is 34.8. The molecule has 6 rings (SSSR count). The fourth-order valence-electron chi connectivity index (χ4n) is 10.6. The van der Waals surface area contributed by atoms with E-state index in [1.807, 2.05) is 70.0 Å². The third-order valence-corrected chi connectivity index (χ3v) is 14.6. The number of hydrogen-bond acceptors (Lipinski definition) is 15. The second-order valence-corrected chi connectivity index (χ2v) is 23.0. The summed E-state index contributed by atoms with van der Waals surface area (Å²) in [6.07, 6.45) is 22.5. The summed E-state index contributed by atoms with van der Waals surface area (Å²) >= 11 is 7.84. The predicted molar refractivity (Wildman–Crippen MR) is 308 cm³/mol. The summed E-state index contributed by atoms with van der Waals surface area (Å²) in [5.74, 6) is -0.329. The van der Waals surface area contributed by atoms with Crippen LogP contribution in [0.1, 0.15) is 137 Å². The molecule has 411 valence electrons. The third kappa shape index (κ3) is 21.5. The number of oxazole rings is 1. The Morgan fingerprint density at radius 1 is 1.16 bits per heavy atom. The molecule has 1 radical (unpaired) electrons. The van der Waals surface area contributed by atoms with Crippen molar-refractivity contribution in [2.45, 2.75) is 192 Å². The molecule has 1 unspecified atom stereocenters. The average Bonchev–Trinajstić information content (AvgIpc) is 3.83. The zero-order valence-electron chi connectivity index (χ0n) is 47.2. The second kappa shape index (κ2) is 32.6. The first-order valence-corrected chi connectivity index (χ1v) is 28.6. The average molecular weight is 1150 g/mol. The van der Waals surface area contributed by atoms with Gasteiger partial charge >= 0.3 is 11.9 Å². The molecule has 5 N–H and O–H groups in total. The van der Waals surface area contributed by atoms with Crippen molar-refractivity contribution in [2.75, 3.05) is 6.61 Å². The highest BCUT2D eigenvalue weighted by molar-refractivity contribution is 9.11. The van der Waals surface area contributed by atoms with E-state index in [1.165, 1.54) is 6.08 Å². The molecule has 1 aromatic rings. The highest BCUT2D eigenvalue weighted by atomic mass is 79.9. The molecule has 0 aromatic carbocycles. The van der Waals surface area contributed by atoms with Crippen molar-refractivity contribution in [3.8, 4) is 0 Å². The molecule has 1 aromatic heterocycles. The quantitative estimate of drug-likeness (QED) is 0.0211. The van der Waals surface area contributed by atoms with Gasteiger partial charge in [-0.25, -0.2) is 22.3 Å². The van der Waals surface area contributed by atoms with Gasteiger partial charge < -0.3 is 53.3 Å². The molecule has 0 saturated carbocycles. The number of nitrogens with zero attached hydrogens (tertiary/aromatic N) is 1. The van der Waals surface area contributed by atoms with Gasteiger partial charge in [0.2, 0.25) is 20.7 Å². The van der Waals surface area contributed by atoms with Crippen LogP contribution in [0.3, 0.4) is 0 Å². The van der Waals surface area contributed by atoms with Gasteiger partial charge in [-0.15, -0.1) is 0 Å². The summed E-state index contributed by atoms with van der Waals surface area (Å²) in [4.78, 5) is 30.9. The summed E-state index contributed by atoms with van der Waals surface area (Å²) < 4.78 is 64.6. The number of thiol groups is 1. The molecular weight excluding hydrogens is 1070 g/mol. The van der Waals surface area contributed by atoms with Crippen LogP contribution in [0.4, 0.5) is 0 Å². The number of carbonyl (C=O) groups is 2. The summed E-state index contributed by atoms with van der Waals surface area (Å²) in [5.41, 5.74) is 9.00. The molecule has 5 aliphatic heterocycles. The van der Waals surface area contributed by atoms with E-state index >= 15 is 0 Å². The monoisotopic (exact) mass is 1150 g/mol. The first kappa shape index (κ1) is 59.4. The zero-order valence-corrected chi connectivity index (χ0v) is 48.6. The van der Waals surface area contributed by atoms with Gasteiger partial charge in [0.05, 0.1) is 61.4 Å². The van der Waals surface area contributed by atoms with E-state index in [0.29, 0.717) is 61.9 Å². The summed E-state index contributed by atoms with van der Waals surface area (Å²) in [6.45, 7) is 18.2. The number of carboxylic acids is 1. The van der Waals surface area contributed by atoms with Crippen molar-refractivity contribution in [3.63, 3.8) is 0 Å². The molecule has 74 heavy (non-hydrogen) atoms. The van der Waals surface area contributed by atoms with E-state index in [4.69, 9.17) is 47.2 Å². The number of carboxylic acid groups (broad SMARTS) is 1. The van der Waals surface area contributed by atoms with Crippen molar-refractivity contribution >= 4 is 80.8 Å². The minimum absolute atomic E-state index is 0.0283. The molecule has 5 aliphatic rings. The van der Waals surface area contributed by atoms with Gasteiger partial charge in [0.25, 0.3) is 0 Å². The number of aliphatic carboxylic acids is 1. The topological polar surface area (TPSA) is 202 Å². The number of nitrogens with two attached hydrogens (primary N) is 1. The Kier molecular flexibility index (Phi) is 26.2. The Hall–Kier alpha value is -2.25. The predicted octanol–water partition coefficient (Wildman–Crippen LogP) is 9.71. The van der Waals surface area contributed by atoms with Gasteiger partial charge in [-0.05, 0) is 109 Å². The maximum atomic E-state index is 13.1. The lowest BCUT2D eigenvalue weighted by atomic mass is 9.79. The number of hydrogen-bond donors (Lipinski definition) is 5. The van der Waals surface area contributed by atoms with E-state index in [2.05, 4.69) is 81.2 Å². The van der Waals surface area contributed by atoms with Gasteiger partial charge in [-0.3, -0.25) is 4.79 Å². The molecule has 14 nitrogen and oxygen atoms in total. The SMILES string of the molecule is [2H]B(P)S.[3H]O[C@@H]1C[C@H]2C[C@H]3CC(=C)C[C@H](C/C=C\C(=O)O[C@H]4[C@@H](C)[C@@H](C/C=C/c5nc(co5)[C@@H](C1)O2)O[C@@H](/C(C)=C/[C@@H](N)CO)[C@@H]4C)O3.[3H][B]SO[C@H](/C=C(C)/C=C/[C@H](C)C/C=C/Br)[C@H]1C[C@@H](C)C[C@@](C)(CC(=O)O)O1. The molecule has 6 heterocycles. The minimum atomic E-state index is -0.858. The Labute approximate surface area is 467 Å². The van der Waals surface area contributed by atoms with Crippen LogP contribution in [0.5, 0.6) is 0 Å². The van der Waals surface area contributed by atoms with Crippen molar-refractivity contribution in [3.05, 3.63) is 94.7 Å². The van der Waals surface area contributed by atoms with Gasteiger partial charge in [0.1, 0.15) is 30.3 Å². The number of aliphatic hydroxyl groups excluding tert-OH is 2. The summed E-state index contributed by atoms with van der Waals surface area (Å²) in [5, 5.41) is 23.8. The molecule has 17 atom stereocenters. The van der Waals surface area contributed by atoms with E-state index in [1.54, 1.807) is 6.26 Å². The largest absolute Gasteiger partial charge is 0.481 e. The van der Waals surface area contributed by atoms with Gasteiger partial charge in [-0.2, -0.15) is 9.12 Å². The molecule has 0 aliphatic carbocycles. The van der Waals surface area contributed by atoms with Crippen molar-refractivity contribution in [1.82, 2.24) is 4.98 Å². The van der Waals surface area contributed by atoms with E-state index in [-0.39, 0.29) is 86.0 Å². The molecule has 4 fully saturated rings. The molecule has 0 spiro atoms. The number of carbonyl (C=O) groups excluding carboxylic acids is 1. The van der Waals surface area contributed by atoms with Crippen LogP contribution in [-0.4, -0.2) is 123 Å². The van der Waals surface area contributed by atoms with Gasteiger partial charge in [-0.1, -0.05) is 110 Å². The number of esters is 1. The second-order valence-electron chi connectivity index (χ2n) is 20.8. The number of rotatable bonds is 15. The minimum Gasteiger partial charge on any atom is -0.481 e. The lowest BCUT2D eigenvalue weighted by molar-refractivity contribution is -0.180. The van der Waals surface area contributed by atoms with Crippen molar-refractivity contribution < 1.29 is 57.2 Å². The fraction of sp³-hybridized carbons (Fsp3) is 0.648. The van der Waals surface area contributed by atoms with Crippen LogP contribution < -0.4 is 5.73 Å². The van der Waals surface area contributed by atoms with Crippen LogP contribution >= 0.6 is 49.4 Å². The third-order valence-electron chi connectivity index (χ3n) is 13.9. The Balaban J connectivity index is 0.000000343. The smallest absolute Gasteiger partial charge is 0.330 e. The highest BCUT2D eigenvalue weighted by Gasteiger charge is 2.44. The lowest BCUT2D eigenvalue weighted by Crippen LogP contribution is -2.51. The van der Waals surface area contributed by atoms with Crippen LogP contribution in [0.2, 0.25) is 0 Å². The summed E-state index contributed by atoms with van der Waals surface area (Å²) in [6, 6.07) is -0.512. The number of aliphatic hydroxyl groups is 2. The molecule has 8 bridgehead atoms. The van der Waals surface area contributed by atoms with Gasteiger partial charge in [0.15, 0.2) is 0 Å². The van der Waals surface area contributed by atoms with Crippen LogP contribution in [0.15, 0.2) is 87.6 Å². The molecule has 4 saturated heterocycles. The first-order valence-electron chi connectivity index (χ1n) is 27.3. The maximum Gasteiger partial charge on any atom is 0.330 e.